The number of para-hydroxylation sites is 1. The fraction of sp³-hybridized carbons (Fsp3) is 0.129. The molecule has 0 saturated heterocycles. The van der Waals surface area contributed by atoms with Crippen LogP contribution in [-0.2, 0) is 6.54 Å². The average Bonchev–Trinajstić information content (AvgIpc) is 2.90. The van der Waals surface area contributed by atoms with E-state index in [0.29, 0.717) is 18.7 Å². The van der Waals surface area contributed by atoms with Crippen molar-refractivity contribution < 1.29 is 9.53 Å². The molecule has 4 heteroatoms. The molecule has 0 spiro atoms. The van der Waals surface area contributed by atoms with E-state index in [1.165, 1.54) is 5.56 Å². The number of carbonyl (C=O) groups is 1. The topological polar surface area (TPSA) is 32.8 Å². The first kappa shape index (κ1) is 22.5. The molecule has 0 radical (unpaired) electrons. The van der Waals surface area contributed by atoms with E-state index in [1.807, 2.05) is 89.8 Å². The number of hydrogen-bond donors (Lipinski definition) is 0. The van der Waals surface area contributed by atoms with Gasteiger partial charge in [0.15, 0.2) is 0 Å². The first-order valence-electron chi connectivity index (χ1n) is 11.8. The molecule has 1 aliphatic heterocycles. The molecular formula is C31H28N2O2. The lowest BCUT2D eigenvalue weighted by Gasteiger charge is -2.46. The van der Waals surface area contributed by atoms with Gasteiger partial charge in [-0.25, -0.2) is 0 Å². The van der Waals surface area contributed by atoms with Gasteiger partial charge in [-0.2, -0.15) is 0 Å². The highest BCUT2D eigenvalue weighted by molar-refractivity contribution is 6.12. The molecule has 0 saturated carbocycles. The summed E-state index contributed by atoms with van der Waals surface area (Å²) in [4.78, 5) is 18.2. The van der Waals surface area contributed by atoms with Crippen LogP contribution in [0.1, 0.15) is 33.2 Å². The Hall–Kier alpha value is -4.31. The van der Waals surface area contributed by atoms with Gasteiger partial charge in [-0.3, -0.25) is 9.69 Å². The van der Waals surface area contributed by atoms with Crippen molar-refractivity contribution in [3.05, 3.63) is 138 Å². The number of ether oxygens (including phenoxy) is 1. The molecule has 0 aliphatic carbocycles. The van der Waals surface area contributed by atoms with Crippen molar-refractivity contribution in [3.8, 4) is 5.75 Å². The molecule has 4 aromatic carbocycles. The van der Waals surface area contributed by atoms with E-state index in [9.17, 15) is 4.79 Å². The minimum absolute atomic E-state index is 0.0174. The van der Waals surface area contributed by atoms with Crippen molar-refractivity contribution in [3.63, 3.8) is 0 Å². The highest BCUT2D eigenvalue weighted by Gasteiger charge is 2.39. The minimum atomic E-state index is -0.354. The Labute approximate surface area is 206 Å². The van der Waals surface area contributed by atoms with Crippen LogP contribution in [-0.4, -0.2) is 12.5 Å². The van der Waals surface area contributed by atoms with Crippen LogP contribution in [0.5, 0.6) is 5.75 Å². The summed E-state index contributed by atoms with van der Waals surface area (Å²) >= 11 is 0. The third-order valence-corrected chi connectivity index (χ3v) is 6.23. The number of hydrogen-bond acceptors (Lipinski definition) is 3. The molecule has 4 aromatic rings. The van der Waals surface area contributed by atoms with E-state index in [4.69, 9.17) is 4.74 Å². The third-order valence-electron chi connectivity index (χ3n) is 6.23. The Morgan fingerprint density at radius 2 is 1.63 bits per heavy atom. The third kappa shape index (κ3) is 4.56. The molecule has 5 rings (SSSR count). The van der Waals surface area contributed by atoms with Crippen LogP contribution in [0.2, 0.25) is 0 Å². The predicted octanol–water partition coefficient (Wildman–Crippen LogP) is 6.93. The zero-order valence-electron chi connectivity index (χ0n) is 19.8. The molecule has 35 heavy (non-hydrogen) atoms. The summed E-state index contributed by atoms with van der Waals surface area (Å²) in [6.45, 7) is 6.88. The number of amides is 1. The molecule has 1 atom stereocenters. The fourth-order valence-electron chi connectivity index (χ4n) is 4.58. The molecule has 1 aliphatic rings. The van der Waals surface area contributed by atoms with E-state index < -0.39 is 0 Å². The number of fused-ring (bicyclic) bond motifs is 1. The van der Waals surface area contributed by atoms with Crippen molar-refractivity contribution in [2.75, 3.05) is 16.4 Å². The Kier molecular flexibility index (Phi) is 6.36. The van der Waals surface area contributed by atoms with Crippen molar-refractivity contribution in [1.29, 1.82) is 0 Å². The molecule has 0 bridgehead atoms. The Balaban J connectivity index is 1.70. The van der Waals surface area contributed by atoms with E-state index in [0.717, 1.165) is 28.3 Å². The maximum Gasteiger partial charge on any atom is 0.262 e. The second kappa shape index (κ2) is 9.90. The van der Waals surface area contributed by atoms with Gasteiger partial charge < -0.3 is 9.64 Å². The minimum Gasteiger partial charge on any atom is -0.490 e. The molecule has 0 N–H and O–H groups in total. The van der Waals surface area contributed by atoms with E-state index >= 15 is 0 Å². The van der Waals surface area contributed by atoms with Gasteiger partial charge in [0, 0.05) is 12.2 Å². The quantitative estimate of drug-likeness (QED) is 0.281. The zero-order valence-corrected chi connectivity index (χ0v) is 19.8. The Morgan fingerprint density at radius 3 is 2.40 bits per heavy atom. The van der Waals surface area contributed by atoms with Crippen LogP contribution in [0.15, 0.2) is 116 Å². The summed E-state index contributed by atoms with van der Waals surface area (Å²) in [5, 5.41) is 0. The van der Waals surface area contributed by atoms with Crippen molar-refractivity contribution >= 4 is 17.3 Å². The number of benzene rings is 4. The first-order valence-corrected chi connectivity index (χ1v) is 11.8. The molecule has 4 nitrogen and oxygen atoms in total. The maximum absolute atomic E-state index is 14.0. The molecular weight excluding hydrogens is 432 g/mol. The summed E-state index contributed by atoms with van der Waals surface area (Å²) in [5.74, 6) is 0.730. The molecule has 1 heterocycles. The molecule has 1 amide bonds. The van der Waals surface area contributed by atoms with Crippen molar-refractivity contribution in [1.82, 2.24) is 0 Å². The monoisotopic (exact) mass is 460 g/mol. The van der Waals surface area contributed by atoms with Gasteiger partial charge in [0.1, 0.15) is 18.5 Å². The largest absolute Gasteiger partial charge is 0.490 e. The second-order valence-corrected chi connectivity index (χ2v) is 8.69. The zero-order chi connectivity index (χ0) is 24.2. The van der Waals surface area contributed by atoms with Crippen molar-refractivity contribution in [2.45, 2.75) is 19.6 Å². The Morgan fingerprint density at radius 1 is 0.886 bits per heavy atom. The number of aryl methyl sites for hydroxylation is 1. The molecule has 0 aromatic heterocycles. The number of rotatable bonds is 7. The number of carbonyl (C=O) groups excluding carboxylic acids is 1. The second-order valence-electron chi connectivity index (χ2n) is 8.69. The van der Waals surface area contributed by atoms with Crippen LogP contribution in [0.25, 0.3) is 0 Å². The van der Waals surface area contributed by atoms with Gasteiger partial charge in [-0.15, -0.1) is 0 Å². The fourth-order valence-corrected chi connectivity index (χ4v) is 4.58. The van der Waals surface area contributed by atoms with Crippen LogP contribution in [0.3, 0.4) is 0 Å². The summed E-state index contributed by atoms with van der Waals surface area (Å²) in [7, 11) is 0. The van der Waals surface area contributed by atoms with Gasteiger partial charge >= 0.3 is 0 Å². The average molecular weight is 461 g/mol. The normalized spacial score (nSPS) is 15.0. The highest BCUT2D eigenvalue weighted by atomic mass is 16.5. The van der Waals surface area contributed by atoms with Crippen LogP contribution >= 0.6 is 0 Å². The standard InChI is InChI=1S/C31H28N2O2/c1-3-20-35-27-13-9-12-25(21-27)30-32(22-24-10-5-4-6-11-24)29-15-8-7-14-28(29)31(34)33(30)26-18-16-23(2)17-19-26/h3-19,21,30H,1,20,22H2,2H3/t30-/m1/s1. The Bertz CT molecular complexity index is 1330. The number of anilines is 2. The van der Waals surface area contributed by atoms with Crippen LogP contribution in [0, 0.1) is 6.92 Å². The summed E-state index contributed by atoms with van der Waals surface area (Å²) in [6, 6.07) is 34.4. The van der Waals surface area contributed by atoms with Gasteiger partial charge in [0.25, 0.3) is 5.91 Å². The van der Waals surface area contributed by atoms with Crippen LogP contribution < -0.4 is 14.5 Å². The lowest BCUT2D eigenvalue weighted by Crippen LogP contribution is -2.49. The lowest BCUT2D eigenvalue weighted by atomic mass is 9.98. The van der Waals surface area contributed by atoms with Gasteiger partial charge in [-0.05, 0) is 54.4 Å². The van der Waals surface area contributed by atoms with Crippen molar-refractivity contribution in [2.24, 2.45) is 0 Å². The van der Waals surface area contributed by atoms with Gasteiger partial charge in [0.2, 0.25) is 0 Å². The summed E-state index contributed by atoms with van der Waals surface area (Å²) < 4.78 is 5.85. The highest BCUT2D eigenvalue weighted by Crippen LogP contribution is 2.42. The summed E-state index contributed by atoms with van der Waals surface area (Å²) in [5.41, 5.74) is 5.77. The smallest absolute Gasteiger partial charge is 0.262 e. The SMILES string of the molecule is C=CCOc1cccc([C@@H]2N(Cc3ccccc3)c3ccccc3C(=O)N2c2ccc(C)cc2)c1. The predicted molar refractivity (Wildman–Crippen MR) is 142 cm³/mol. The van der Waals surface area contributed by atoms with Crippen LogP contribution in [0.4, 0.5) is 11.4 Å². The number of nitrogens with zero attached hydrogens (tertiary/aromatic N) is 2. The molecule has 0 unspecified atom stereocenters. The molecule has 0 fully saturated rings. The van der Waals surface area contributed by atoms with Gasteiger partial charge in [-0.1, -0.05) is 84.9 Å². The van der Waals surface area contributed by atoms with E-state index in [1.54, 1.807) is 6.08 Å². The van der Waals surface area contributed by atoms with Gasteiger partial charge in [0.05, 0.1) is 11.3 Å². The lowest BCUT2D eigenvalue weighted by molar-refractivity contribution is 0.0968. The maximum atomic E-state index is 14.0. The van der Waals surface area contributed by atoms with E-state index in [2.05, 4.69) is 36.6 Å². The summed E-state index contributed by atoms with van der Waals surface area (Å²) in [6.07, 6.45) is 1.38. The first-order chi connectivity index (χ1) is 17.2. The molecule has 174 valence electrons. The van der Waals surface area contributed by atoms with E-state index in [-0.39, 0.29) is 12.1 Å².